The molecule has 1 heterocycles. The molecule has 0 aliphatic rings. The van der Waals surface area contributed by atoms with Crippen LogP contribution in [0.15, 0.2) is 52.3 Å². The average molecular weight is 328 g/mol. The summed E-state index contributed by atoms with van der Waals surface area (Å²) in [5.41, 5.74) is 2.32. The highest BCUT2D eigenvalue weighted by atomic mass is 79.9. The number of hydrogen-bond donors (Lipinski definition) is 0. The molecule has 0 fully saturated rings. The van der Waals surface area contributed by atoms with E-state index < -0.39 is 0 Å². The number of halogens is 1. The Bertz CT molecular complexity index is 783. The van der Waals surface area contributed by atoms with Gasteiger partial charge in [0.25, 0.3) is 0 Å². The highest BCUT2D eigenvalue weighted by Crippen LogP contribution is 2.36. The minimum atomic E-state index is 0.453. The van der Waals surface area contributed by atoms with Gasteiger partial charge in [-0.15, -0.1) is 11.3 Å². The van der Waals surface area contributed by atoms with Crippen molar-refractivity contribution in [1.82, 2.24) is 0 Å². The van der Waals surface area contributed by atoms with Crippen molar-refractivity contribution in [3.8, 4) is 16.5 Å². The molecule has 3 aromatic rings. The lowest BCUT2D eigenvalue weighted by atomic mass is 9.97. The maximum absolute atomic E-state index is 8.91. The van der Waals surface area contributed by atoms with E-state index >= 15 is 0 Å². The Morgan fingerprint density at radius 3 is 2.47 bits per heavy atom. The van der Waals surface area contributed by atoms with Crippen LogP contribution < -0.4 is 0 Å². The van der Waals surface area contributed by atoms with E-state index in [9.17, 15) is 0 Å². The van der Waals surface area contributed by atoms with Crippen molar-refractivity contribution in [1.29, 1.82) is 5.26 Å². The third-order valence-electron chi connectivity index (χ3n) is 3.12. The van der Waals surface area contributed by atoms with Gasteiger partial charge in [-0.1, -0.05) is 36.4 Å². The first-order valence-corrected chi connectivity index (χ1v) is 7.54. The molecule has 3 rings (SSSR count). The van der Waals surface area contributed by atoms with E-state index in [1.54, 1.807) is 11.3 Å². The lowest BCUT2D eigenvalue weighted by Crippen LogP contribution is -1.87. The van der Waals surface area contributed by atoms with E-state index in [0.29, 0.717) is 6.42 Å². The third kappa shape index (κ3) is 2.30. The molecule has 0 amide bonds. The first-order chi connectivity index (χ1) is 9.29. The second-order valence-corrected chi connectivity index (χ2v) is 6.72. The van der Waals surface area contributed by atoms with E-state index in [1.807, 2.05) is 12.1 Å². The van der Waals surface area contributed by atoms with Crippen molar-refractivity contribution >= 4 is 38.0 Å². The van der Waals surface area contributed by atoms with Crippen LogP contribution in [0.2, 0.25) is 0 Å². The van der Waals surface area contributed by atoms with E-state index in [1.165, 1.54) is 21.2 Å². The zero-order valence-electron chi connectivity index (χ0n) is 10.1. The molecule has 0 N–H and O–H groups in total. The summed E-state index contributed by atoms with van der Waals surface area (Å²) in [7, 11) is 0. The summed E-state index contributed by atoms with van der Waals surface area (Å²) in [6.45, 7) is 0. The predicted octanol–water partition coefficient (Wildman–Crippen LogP) is 5.40. The normalized spacial score (nSPS) is 10.5. The van der Waals surface area contributed by atoms with Gasteiger partial charge in [0.05, 0.1) is 16.3 Å². The lowest BCUT2D eigenvalue weighted by molar-refractivity contribution is 1.29. The Morgan fingerprint density at radius 2 is 1.79 bits per heavy atom. The molecule has 0 saturated heterocycles. The molecule has 3 heteroatoms. The van der Waals surface area contributed by atoms with Crippen molar-refractivity contribution in [2.24, 2.45) is 0 Å². The number of benzene rings is 2. The number of nitrogens with zero attached hydrogens (tertiary/aromatic N) is 1. The Kier molecular flexibility index (Phi) is 3.37. The highest BCUT2D eigenvalue weighted by molar-refractivity contribution is 9.11. The van der Waals surface area contributed by atoms with Crippen LogP contribution in [-0.4, -0.2) is 0 Å². The van der Waals surface area contributed by atoms with Crippen LogP contribution in [0.4, 0.5) is 0 Å². The molecule has 0 aliphatic heterocycles. The van der Waals surface area contributed by atoms with Gasteiger partial charge in [-0.2, -0.15) is 5.26 Å². The quantitative estimate of drug-likeness (QED) is 0.618. The highest BCUT2D eigenvalue weighted by Gasteiger charge is 2.08. The van der Waals surface area contributed by atoms with Crippen LogP contribution in [0, 0.1) is 11.3 Å². The van der Waals surface area contributed by atoms with Gasteiger partial charge < -0.3 is 0 Å². The zero-order valence-corrected chi connectivity index (χ0v) is 12.5. The molecule has 19 heavy (non-hydrogen) atoms. The number of fused-ring (bicyclic) bond motifs is 1. The van der Waals surface area contributed by atoms with Gasteiger partial charge in [0, 0.05) is 4.88 Å². The SMILES string of the molecule is N#CCc1ccc(-c2ccc(Br)s2)c2ccccc12. The summed E-state index contributed by atoms with van der Waals surface area (Å²) in [4.78, 5) is 1.24. The van der Waals surface area contributed by atoms with Crippen LogP contribution in [0.5, 0.6) is 0 Å². The Labute approximate surface area is 124 Å². The molecule has 0 bridgehead atoms. The molecule has 0 spiro atoms. The second-order valence-electron chi connectivity index (χ2n) is 4.26. The fourth-order valence-corrected chi connectivity index (χ4v) is 3.70. The van der Waals surface area contributed by atoms with Crippen molar-refractivity contribution in [2.45, 2.75) is 6.42 Å². The Balaban J connectivity index is 2.28. The van der Waals surface area contributed by atoms with Gasteiger partial charge in [0.1, 0.15) is 0 Å². The summed E-state index contributed by atoms with van der Waals surface area (Å²) >= 11 is 5.23. The maximum atomic E-state index is 8.91. The van der Waals surface area contributed by atoms with Crippen LogP contribution >= 0.6 is 27.3 Å². The fraction of sp³-hybridized carbons (Fsp3) is 0.0625. The molecule has 92 valence electrons. The first kappa shape index (κ1) is 12.4. The Hall–Kier alpha value is -1.63. The van der Waals surface area contributed by atoms with E-state index in [4.69, 9.17) is 5.26 Å². The van der Waals surface area contributed by atoms with E-state index in [-0.39, 0.29) is 0 Å². The molecule has 0 atom stereocenters. The van der Waals surface area contributed by atoms with E-state index in [2.05, 4.69) is 58.4 Å². The summed E-state index contributed by atoms with van der Waals surface area (Å²) in [5.74, 6) is 0. The van der Waals surface area contributed by atoms with Crippen molar-refractivity contribution in [2.75, 3.05) is 0 Å². The lowest BCUT2D eigenvalue weighted by Gasteiger charge is -2.08. The van der Waals surface area contributed by atoms with Crippen LogP contribution in [-0.2, 0) is 6.42 Å². The van der Waals surface area contributed by atoms with Gasteiger partial charge in [-0.25, -0.2) is 0 Å². The molecule has 1 aromatic heterocycles. The van der Waals surface area contributed by atoms with Crippen LogP contribution in [0.25, 0.3) is 21.2 Å². The van der Waals surface area contributed by atoms with Crippen molar-refractivity contribution < 1.29 is 0 Å². The molecule has 0 aliphatic carbocycles. The number of hydrogen-bond acceptors (Lipinski definition) is 2. The summed E-state index contributed by atoms with van der Waals surface area (Å²) < 4.78 is 1.13. The number of rotatable bonds is 2. The summed E-state index contributed by atoms with van der Waals surface area (Å²) in [6.07, 6.45) is 0.453. The minimum Gasteiger partial charge on any atom is -0.198 e. The molecule has 0 saturated carbocycles. The predicted molar refractivity (Wildman–Crippen MR) is 84.3 cm³/mol. The molecular formula is C16H10BrNS. The monoisotopic (exact) mass is 327 g/mol. The zero-order chi connectivity index (χ0) is 13.2. The molecule has 0 unspecified atom stereocenters. The third-order valence-corrected chi connectivity index (χ3v) is 4.78. The van der Waals surface area contributed by atoms with Crippen LogP contribution in [0.3, 0.4) is 0 Å². The average Bonchev–Trinajstić information content (AvgIpc) is 2.86. The molecule has 0 radical (unpaired) electrons. The van der Waals surface area contributed by atoms with Gasteiger partial charge >= 0.3 is 0 Å². The fourth-order valence-electron chi connectivity index (χ4n) is 2.27. The van der Waals surface area contributed by atoms with Crippen molar-refractivity contribution in [3.05, 3.63) is 57.9 Å². The minimum absolute atomic E-state index is 0.453. The number of nitriles is 1. The standard InChI is InChI=1S/C16H10BrNS/c17-16-8-7-15(19-16)14-6-5-11(9-10-18)12-3-1-2-4-13(12)14/h1-8H,9H2. The molecule has 1 nitrogen and oxygen atoms in total. The second kappa shape index (κ2) is 5.16. The van der Waals surface area contributed by atoms with Crippen LogP contribution in [0.1, 0.15) is 5.56 Å². The van der Waals surface area contributed by atoms with Gasteiger partial charge in [0.2, 0.25) is 0 Å². The van der Waals surface area contributed by atoms with Gasteiger partial charge in [-0.3, -0.25) is 0 Å². The van der Waals surface area contributed by atoms with Gasteiger partial charge in [-0.05, 0) is 50.0 Å². The number of thiophene rings is 1. The molecule has 2 aromatic carbocycles. The summed E-state index contributed by atoms with van der Waals surface area (Å²) in [6, 6.07) is 18.9. The first-order valence-electron chi connectivity index (χ1n) is 5.93. The van der Waals surface area contributed by atoms with Gasteiger partial charge in [0.15, 0.2) is 0 Å². The smallest absolute Gasteiger partial charge is 0.0705 e. The Morgan fingerprint density at radius 1 is 1.00 bits per heavy atom. The maximum Gasteiger partial charge on any atom is 0.0705 e. The largest absolute Gasteiger partial charge is 0.198 e. The summed E-state index contributed by atoms with van der Waals surface area (Å²) in [5, 5.41) is 11.3. The van der Waals surface area contributed by atoms with Crippen molar-refractivity contribution in [3.63, 3.8) is 0 Å². The van der Waals surface area contributed by atoms with E-state index in [0.717, 1.165) is 9.35 Å². The topological polar surface area (TPSA) is 23.8 Å². The molecular weight excluding hydrogens is 318 g/mol.